The van der Waals surface area contributed by atoms with Crippen molar-refractivity contribution in [3.63, 3.8) is 0 Å². The van der Waals surface area contributed by atoms with E-state index in [9.17, 15) is 0 Å². The molecular formula is C22H32N4O2. The first-order chi connectivity index (χ1) is 13.8. The lowest BCUT2D eigenvalue weighted by Crippen LogP contribution is -2.53. The Labute approximate surface area is 168 Å². The highest BCUT2D eigenvalue weighted by atomic mass is 16.5. The van der Waals surface area contributed by atoms with E-state index in [4.69, 9.17) is 14.5 Å². The maximum absolute atomic E-state index is 6.00. The fraction of sp³-hybridized carbons (Fsp3) is 0.591. The number of nitrogens with one attached hydrogen (secondary N) is 1. The SMILES string of the molecule is CCNC(=NCc1cccc(N2CC=CC2)c1)N1CCOC(C2CCCO2)C1. The molecule has 0 aliphatic carbocycles. The molecule has 6 heteroatoms. The number of guanidine groups is 1. The Morgan fingerprint density at radius 1 is 1.18 bits per heavy atom. The molecule has 1 aromatic carbocycles. The highest BCUT2D eigenvalue weighted by Crippen LogP contribution is 2.22. The van der Waals surface area contributed by atoms with E-state index in [1.807, 2.05) is 0 Å². The van der Waals surface area contributed by atoms with Crippen LogP contribution in [0, 0.1) is 0 Å². The van der Waals surface area contributed by atoms with Gasteiger partial charge in [0, 0.05) is 45.0 Å². The van der Waals surface area contributed by atoms with Crippen LogP contribution in [-0.2, 0) is 16.0 Å². The third-order valence-electron chi connectivity index (χ3n) is 5.61. The van der Waals surface area contributed by atoms with Gasteiger partial charge in [-0.25, -0.2) is 4.99 Å². The Balaban J connectivity index is 1.42. The fourth-order valence-electron chi connectivity index (χ4n) is 4.12. The minimum atomic E-state index is 0.145. The zero-order valence-electron chi connectivity index (χ0n) is 16.8. The number of anilines is 1. The van der Waals surface area contributed by atoms with Crippen LogP contribution in [0.2, 0.25) is 0 Å². The van der Waals surface area contributed by atoms with E-state index in [0.29, 0.717) is 6.54 Å². The van der Waals surface area contributed by atoms with Gasteiger partial charge in [-0.1, -0.05) is 24.3 Å². The largest absolute Gasteiger partial charge is 0.375 e. The smallest absolute Gasteiger partial charge is 0.194 e. The summed E-state index contributed by atoms with van der Waals surface area (Å²) in [5.41, 5.74) is 2.51. The Bertz CT molecular complexity index is 692. The summed E-state index contributed by atoms with van der Waals surface area (Å²) in [4.78, 5) is 9.63. The molecule has 1 N–H and O–H groups in total. The van der Waals surface area contributed by atoms with Crippen LogP contribution in [0.4, 0.5) is 5.69 Å². The molecule has 2 saturated heterocycles. The molecule has 1 aromatic rings. The minimum Gasteiger partial charge on any atom is -0.375 e. The Morgan fingerprint density at radius 2 is 2.04 bits per heavy atom. The number of hydrogen-bond acceptors (Lipinski definition) is 4. The monoisotopic (exact) mass is 384 g/mol. The van der Waals surface area contributed by atoms with Crippen molar-refractivity contribution in [2.24, 2.45) is 4.99 Å². The molecule has 3 aliphatic rings. The van der Waals surface area contributed by atoms with Crippen molar-refractivity contribution >= 4 is 11.6 Å². The second-order valence-electron chi connectivity index (χ2n) is 7.62. The number of benzene rings is 1. The third-order valence-corrected chi connectivity index (χ3v) is 5.61. The first-order valence-electron chi connectivity index (χ1n) is 10.6. The normalized spacial score (nSPS) is 25.5. The zero-order valence-corrected chi connectivity index (χ0v) is 16.8. The van der Waals surface area contributed by atoms with Crippen LogP contribution in [0.3, 0.4) is 0 Å². The third kappa shape index (κ3) is 4.67. The van der Waals surface area contributed by atoms with Gasteiger partial charge in [-0.15, -0.1) is 0 Å². The molecule has 0 aromatic heterocycles. The number of hydrogen-bond donors (Lipinski definition) is 1. The van der Waals surface area contributed by atoms with Crippen LogP contribution < -0.4 is 10.2 Å². The van der Waals surface area contributed by atoms with Gasteiger partial charge in [-0.05, 0) is 37.5 Å². The number of ether oxygens (including phenoxy) is 2. The van der Waals surface area contributed by atoms with Gasteiger partial charge in [-0.3, -0.25) is 0 Å². The van der Waals surface area contributed by atoms with Crippen LogP contribution in [0.1, 0.15) is 25.3 Å². The van der Waals surface area contributed by atoms with Gasteiger partial charge in [0.25, 0.3) is 0 Å². The Morgan fingerprint density at radius 3 is 2.82 bits per heavy atom. The molecule has 0 bridgehead atoms. The molecule has 0 spiro atoms. The van der Waals surface area contributed by atoms with Gasteiger partial charge in [0.15, 0.2) is 5.96 Å². The van der Waals surface area contributed by atoms with Crippen LogP contribution in [0.15, 0.2) is 41.4 Å². The molecule has 28 heavy (non-hydrogen) atoms. The molecule has 2 atom stereocenters. The summed E-state index contributed by atoms with van der Waals surface area (Å²) in [5, 5.41) is 3.46. The second-order valence-corrected chi connectivity index (χ2v) is 7.62. The molecule has 2 fully saturated rings. The lowest BCUT2D eigenvalue weighted by molar-refractivity contribution is -0.0817. The molecule has 0 amide bonds. The van der Waals surface area contributed by atoms with Crippen molar-refractivity contribution in [3.8, 4) is 0 Å². The van der Waals surface area contributed by atoms with Gasteiger partial charge in [-0.2, -0.15) is 0 Å². The number of morpholine rings is 1. The van der Waals surface area contributed by atoms with Gasteiger partial charge in [0.05, 0.1) is 19.3 Å². The summed E-state index contributed by atoms with van der Waals surface area (Å²) in [7, 11) is 0. The first kappa shape index (κ1) is 19.3. The molecular weight excluding hydrogens is 352 g/mol. The summed E-state index contributed by atoms with van der Waals surface area (Å²) >= 11 is 0. The van der Waals surface area contributed by atoms with Crippen molar-refractivity contribution in [1.29, 1.82) is 0 Å². The van der Waals surface area contributed by atoms with Crippen LogP contribution in [-0.4, -0.2) is 69.0 Å². The summed E-state index contributed by atoms with van der Waals surface area (Å²) < 4.78 is 11.8. The average molecular weight is 385 g/mol. The zero-order chi connectivity index (χ0) is 19.2. The number of nitrogens with zero attached hydrogens (tertiary/aromatic N) is 3. The average Bonchev–Trinajstić information content (AvgIpc) is 3.46. The fourth-order valence-corrected chi connectivity index (χ4v) is 4.12. The van der Waals surface area contributed by atoms with E-state index in [1.165, 1.54) is 11.3 Å². The quantitative estimate of drug-likeness (QED) is 0.480. The number of rotatable bonds is 5. The lowest BCUT2D eigenvalue weighted by Gasteiger charge is -2.37. The van der Waals surface area contributed by atoms with E-state index in [2.05, 4.69) is 58.5 Å². The highest BCUT2D eigenvalue weighted by molar-refractivity contribution is 5.80. The molecule has 0 saturated carbocycles. The van der Waals surface area contributed by atoms with Gasteiger partial charge in [0.2, 0.25) is 0 Å². The molecule has 152 valence electrons. The van der Waals surface area contributed by atoms with Crippen LogP contribution >= 0.6 is 0 Å². The topological polar surface area (TPSA) is 49.3 Å². The predicted molar refractivity (Wildman–Crippen MR) is 113 cm³/mol. The standard InChI is InChI=1S/C22H32N4O2/c1-2-23-22(26-12-14-28-21(17-26)20-9-6-13-27-20)24-16-18-7-5-8-19(15-18)25-10-3-4-11-25/h3-5,7-8,15,20-21H,2,6,9-14,16-17H2,1H3,(H,23,24). The van der Waals surface area contributed by atoms with E-state index in [-0.39, 0.29) is 12.2 Å². The van der Waals surface area contributed by atoms with Gasteiger partial charge < -0.3 is 24.6 Å². The molecule has 4 rings (SSSR count). The van der Waals surface area contributed by atoms with Crippen molar-refractivity contribution < 1.29 is 9.47 Å². The summed E-state index contributed by atoms with van der Waals surface area (Å²) in [6, 6.07) is 8.73. The van der Waals surface area contributed by atoms with Crippen molar-refractivity contribution in [3.05, 3.63) is 42.0 Å². The summed E-state index contributed by atoms with van der Waals surface area (Å²) in [6.45, 7) is 8.95. The lowest BCUT2D eigenvalue weighted by atomic mass is 10.1. The predicted octanol–water partition coefficient (Wildman–Crippen LogP) is 2.41. The molecule has 2 unspecified atom stereocenters. The molecule has 6 nitrogen and oxygen atoms in total. The van der Waals surface area contributed by atoms with Crippen molar-refractivity contribution in [1.82, 2.24) is 10.2 Å². The minimum absolute atomic E-state index is 0.145. The van der Waals surface area contributed by atoms with E-state index in [0.717, 1.165) is 64.7 Å². The van der Waals surface area contributed by atoms with E-state index in [1.54, 1.807) is 0 Å². The first-order valence-corrected chi connectivity index (χ1v) is 10.6. The van der Waals surface area contributed by atoms with Crippen LogP contribution in [0.5, 0.6) is 0 Å². The second kappa shape index (κ2) is 9.43. The van der Waals surface area contributed by atoms with E-state index >= 15 is 0 Å². The highest BCUT2D eigenvalue weighted by Gasteiger charge is 2.32. The Kier molecular flexibility index (Phi) is 6.49. The summed E-state index contributed by atoms with van der Waals surface area (Å²) in [5.74, 6) is 0.974. The maximum Gasteiger partial charge on any atom is 0.194 e. The molecule has 3 heterocycles. The van der Waals surface area contributed by atoms with Crippen molar-refractivity contribution in [2.45, 2.75) is 38.5 Å². The van der Waals surface area contributed by atoms with Crippen LogP contribution in [0.25, 0.3) is 0 Å². The van der Waals surface area contributed by atoms with E-state index < -0.39 is 0 Å². The molecule has 3 aliphatic heterocycles. The van der Waals surface area contributed by atoms with Gasteiger partial charge in [0.1, 0.15) is 6.10 Å². The van der Waals surface area contributed by atoms with Crippen molar-refractivity contribution in [2.75, 3.05) is 50.8 Å². The maximum atomic E-state index is 6.00. The Hall–Kier alpha value is -2.05. The summed E-state index contributed by atoms with van der Waals surface area (Å²) in [6.07, 6.45) is 7.06. The molecule has 0 radical (unpaired) electrons. The van der Waals surface area contributed by atoms with Gasteiger partial charge >= 0.3 is 0 Å². The number of aliphatic imine (C=N–C) groups is 1.